The predicted octanol–water partition coefficient (Wildman–Crippen LogP) is 2.18. The number of amides is 1. The van der Waals surface area contributed by atoms with Crippen LogP contribution in [-0.4, -0.2) is 56.9 Å². The lowest BCUT2D eigenvalue weighted by atomic mass is 10.2. The van der Waals surface area contributed by atoms with Crippen LogP contribution in [0.25, 0.3) is 0 Å². The van der Waals surface area contributed by atoms with Gasteiger partial charge in [-0.3, -0.25) is 4.79 Å². The van der Waals surface area contributed by atoms with Crippen LogP contribution < -0.4 is 9.62 Å². The van der Waals surface area contributed by atoms with Gasteiger partial charge >= 0.3 is 6.18 Å². The molecule has 0 aliphatic carbocycles. The Hall–Kier alpha value is -2.18. The average molecular weight is 448 g/mol. The van der Waals surface area contributed by atoms with Crippen molar-refractivity contribution in [3.63, 3.8) is 0 Å². The van der Waals surface area contributed by atoms with Gasteiger partial charge < -0.3 is 9.80 Å². The molecule has 2 aromatic rings. The van der Waals surface area contributed by atoms with Crippen LogP contribution in [0.1, 0.15) is 12.0 Å². The van der Waals surface area contributed by atoms with Crippen LogP contribution in [0.2, 0.25) is 0 Å². The van der Waals surface area contributed by atoms with Crippen molar-refractivity contribution in [2.75, 3.05) is 37.6 Å². The summed E-state index contributed by atoms with van der Waals surface area (Å²) in [7, 11) is -3.60. The number of rotatable bonds is 6. The summed E-state index contributed by atoms with van der Waals surface area (Å²) in [4.78, 5) is 19.6. The van der Waals surface area contributed by atoms with Gasteiger partial charge in [0, 0.05) is 45.3 Å². The Morgan fingerprint density at radius 2 is 1.90 bits per heavy atom. The van der Waals surface area contributed by atoms with E-state index in [2.05, 4.69) is 9.71 Å². The van der Waals surface area contributed by atoms with Crippen molar-refractivity contribution in [3.8, 4) is 0 Å². The van der Waals surface area contributed by atoms with Crippen molar-refractivity contribution in [3.05, 3.63) is 41.4 Å². The zero-order chi connectivity index (χ0) is 21.1. The number of hydrogen-bond donors (Lipinski definition) is 1. The first-order chi connectivity index (χ1) is 13.7. The summed E-state index contributed by atoms with van der Waals surface area (Å²) in [6.45, 7) is 1.65. The standard InChI is InChI=1S/C17H19F3N4O3S2/c18-17(19,20)13-3-4-14(21-12-13)23-7-9-24(10-8-23)15(25)5-6-22-29(26,27)16-2-1-11-28-16/h1-4,11-12,22H,5-10H2. The van der Waals surface area contributed by atoms with Gasteiger partial charge in [0.2, 0.25) is 15.9 Å². The Kier molecular flexibility index (Phi) is 6.44. The molecular formula is C17H19F3N4O3S2. The monoisotopic (exact) mass is 448 g/mol. The van der Waals surface area contributed by atoms with Crippen LogP contribution in [0.5, 0.6) is 0 Å². The van der Waals surface area contributed by atoms with Gasteiger partial charge in [-0.2, -0.15) is 13.2 Å². The van der Waals surface area contributed by atoms with Crippen LogP contribution >= 0.6 is 11.3 Å². The van der Waals surface area contributed by atoms with Crippen LogP contribution in [0.3, 0.4) is 0 Å². The van der Waals surface area contributed by atoms with Gasteiger partial charge in [0.25, 0.3) is 0 Å². The topological polar surface area (TPSA) is 82.6 Å². The second kappa shape index (κ2) is 8.67. The molecule has 1 saturated heterocycles. The van der Waals surface area contributed by atoms with E-state index in [0.717, 1.165) is 23.6 Å². The van der Waals surface area contributed by atoms with E-state index in [1.54, 1.807) is 16.3 Å². The maximum absolute atomic E-state index is 12.6. The Bertz CT molecular complexity index is 924. The first-order valence-electron chi connectivity index (χ1n) is 8.76. The smallest absolute Gasteiger partial charge is 0.353 e. The SMILES string of the molecule is O=C(CCNS(=O)(=O)c1cccs1)N1CCN(c2ccc(C(F)(F)F)cn2)CC1. The van der Waals surface area contributed by atoms with Crippen LogP contribution in [-0.2, 0) is 21.0 Å². The van der Waals surface area contributed by atoms with Crippen molar-refractivity contribution in [2.24, 2.45) is 0 Å². The highest BCUT2D eigenvalue weighted by Crippen LogP contribution is 2.29. The Morgan fingerprint density at radius 1 is 1.17 bits per heavy atom. The molecular weight excluding hydrogens is 429 g/mol. The van der Waals surface area contributed by atoms with Crippen molar-refractivity contribution in [1.29, 1.82) is 0 Å². The number of anilines is 1. The van der Waals surface area contributed by atoms with E-state index in [9.17, 15) is 26.4 Å². The number of carbonyl (C=O) groups is 1. The maximum atomic E-state index is 12.6. The van der Waals surface area contributed by atoms with Crippen molar-refractivity contribution < 1.29 is 26.4 Å². The number of carbonyl (C=O) groups excluding carboxylic acids is 1. The molecule has 0 spiro atoms. The summed E-state index contributed by atoms with van der Waals surface area (Å²) in [5, 5.41) is 1.66. The van der Waals surface area contributed by atoms with E-state index in [-0.39, 0.29) is 23.1 Å². The largest absolute Gasteiger partial charge is 0.417 e. The zero-order valence-electron chi connectivity index (χ0n) is 15.2. The molecule has 1 amide bonds. The van der Waals surface area contributed by atoms with Crippen LogP contribution in [0.4, 0.5) is 19.0 Å². The van der Waals surface area contributed by atoms with E-state index in [0.29, 0.717) is 32.0 Å². The van der Waals surface area contributed by atoms with Gasteiger partial charge in [0.1, 0.15) is 10.0 Å². The van der Waals surface area contributed by atoms with Gasteiger partial charge in [-0.25, -0.2) is 18.1 Å². The lowest BCUT2D eigenvalue weighted by Crippen LogP contribution is -2.49. The quantitative estimate of drug-likeness (QED) is 0.733. The Morgan fingerprint density at radius 3 is 2.45 bits per heavy atom. The third-order valence-electron chi connectivity index (χ3n) is 4.42. The van der Waals surface area contributed by atoms with Gasteiger partial charge in [0.05, 0.1) is 5.56 Å². The molecule has 1 aliphatic rings. The number of hydrogen-bond acceptors (Lipinski definition) is 6. The van der Waals surface area contributed by atoms with E-state index in [4.69, 9.17) is 0 Å². The van der Waals surface area contributed by atoms with E-state index in [1.165, 1.54) is 12.1 Å². The molecule has 0 bridgehead atoms. The molecule has 0 saturated carbocycles. The molecule has 29 heavy (non-hydrogen) atoms. The highest BCUT2D eigenvalue weighted by Gasteiger charge is 2.31. The summed E-state index contributed by atoms with van der Waals surface area (Å²) in [5.41, 5.74) is -0.805. The molecule has 12 heteroatoms. The van der Waals surface area contributed by atoms with E-state index in [1.807, 2.05) is 4.90 Å². The lowest BCUT2D eigenvalue weighted by molar-refractivity contribution is -0.137. The van der Waals surface area contributed by atoms with Crippen LogP contribution in [0, 0.1) is 0 Å². The minimum Gasteiger partial charge on any atom is -0.353 e. The number of pyridine rings is 1. The number of nitrogens with one attached hydrogen (secondary N) is 1. The van der Waals surface area contributed by atoms with E-state index < -0.39 is 21.8 Å². The summed E-state index contributed by atoms with van der Waals surface area (Å²) >= 11 is 1.10. The first kappa shape index (κ1) is 21.5. The van der Waals surface area contributed by atoms with Gasteiger partial charge in [-0.15, -0.1) is 11.3 Å². The summed E-state index contributed by atoms with van der Waals surface area (Å²) in [5.74, 6) is 0.243. The lowest BCUT2D eigenvalue weighted by Gasteiger charge is -2.35. The second-order valence-electron chi connectivity index (χ2n) is 6.35. The van der Waals surface area contributed by atoms with E-state index >= 15 is 0 Å². The minimum atomic E-state index is -4.43. The number of halogens is 3. The molecule has 158 valence electrons. The number of piperazine rings is 1. The predicted molar refractivity (Wildman–Crippen MR) is 102 cm³/mol. The van der Waals surface area contributed by atoms with Crippen molar-refractivity contribution in [2.45, 2.75) is 16.8 Å². The fraction of sp³-hybridized carbons (Fsp3) is 0.412. The minimum absolute atomic E-state index is 0.000257. The molecule has 0 unspecified atom stereocenters. The number of thiophene rings is 1. The number of sulfonamides is 1. The molecule has 3 rings (SSSR count). The van der Waals surface area contributed by atoms with Crippen molar-refractivity contribution >= 4 is 33.1 Å². The molecule has 0 aromatic carbocycles. The van der Waals surface area contributed by atoms with Crippen molar-refractivity contribution in [1.82, 2.24) is 14.6 Å². The molecule has 7 nitrogen and oxygen atoms in total. The molecule has 1 N–H and O–H groups in total. The van der Waals surface area contributed by atoms with Crippen LogP contribution in [0.15, 0.2) is 40.1 Å². The Balaban J connectivity index is 1.46. The Labute approximate surface area is 170 Å². The summed E-state index contributed by atoms with van der Waals surface area (Å²) in [6, 6.07) is 5.43. The third-order valence-corrected chi connectivity index (χ3v) is 7.28. The molecule has 1 fully saturated rings. The molecule has 3 heterocycles. The maximum Gasteiger partial charge on any atom is 0.417 e. The summed E-state index contributed by atoms with van der Waals surface area (Å²) in [6.07, 6.45) is -3.60. The fourth-order valence-electron chi connectivity index (χ4n) is 2.86. The molecule has 0 atom stereocenters. The van der Waals surface area contributed by atoms with Gasteiger partial charge in [0.15, 0.2) is 0 Å². The highest BCUT2D eigenvalue weighted by atomic mass is 32.2. The molecule has 2 aromatic heterocycles. The molecule has 1 aliphatic heterocycles. The third kappa shape index (κ3) is 5.46. The highest BCUT2D eigenvalue weighted by molar-refractivity contribution is 7.91. The number of aromatic nitrogens is 1. The fourth-order valence-corrected chi connectivity index (χ4v) is 4.93. The number of nitrogens with zero attached hydrogens (tertiary/aromatic N) is 3. The first-order valence-corrected chi connectivity index (χ1v) is 11.1. The van der Waals surface area contributed by atoms with Gasteiger partial charge in [-0.1, -0.05) is 6.07 Å². The zero-order valence-corrected chi connectivity index (χ0v) is 16.9. The summed E-state index contributed by atoms with van der Waals surface area (Å²) < 4.78 is 64.5. The molecule has 0 radical (unpaired) electrons. The van der Waals surface area contributed by atoms with Gasteiger partial charge in [-0.05, 0) is 23.6 Å². The average Bonchev–Trinajstić information content (AvgIpc) is 3.23. The second-order valence-corrected chi connectivity index (χ2v) is 9.29. The normalized spacial score (nSPS) is 15.6. The number of alkyl halides is 3.